The van der Waals surface area contributed by atoms with Crippen molar-refractivity contribution in [3.63, 3.8) is 0 Å². The van der Waals surface area contributed by atoms with Gasteiger partial charge in [0.2, 0.25) is 5.91 Å². The standard InChI is InChI=1S/C15H27N5O/c1-12(2)8-16-9-14-10-20(19-18-14)11-15(21)17-13-6-4-3-5-7-13/h10,12-13,16H,3-9,11H2,1-2H3,(H,17,21). The van der Waals surface area contributed by atoms with Crippen molar-refractivity contribution in [2.24, 2.45) is 5.92 Å². The van der Waals surface area contributed by atoms with Crippen molar-refractivity contribution < 1.29 is 4.79 Å². The first-order chi connectivity index (χ1) is 10.1. The lowest BCUT2D eigenvalue weighted by Gasteiger charge is -2.22. The van der Waals surface area contributed by atoms with Crippen LogP contribution in [0.2, 0.25) is 0 Å². The average Bonchev–Trinajstić information content (AvgIpc) is 2.86. The van der Waals surface area contributed by atoms with E-state index in [1.807, 2.05) is 6.20 Å². The normalized spacial score (nSPS) is 16.3. The van der Waals surface area contributed by atoms with Crippen LogP contribution in [-0.2, 0) is 17.9 Å². The molecule has 2 N–H and O–H groups in total. The van der Waals surface area contributed by atoms with Crippen molar-refractivity contribution in [2.45, 2.75) is 65.1 Å². The highest BCUT2D eigenvalue weighted by atomic mass is 16.2. The van der Waals surface area contributed by atoms with Gasteiger partial charge in [-0.3, -0.25) is 4.79 Å². The molecule has 1 amide bonds. The summed E-state index contributed by atoms with van der Waals surface area (Å²) in [7, 11) is 0. The van der Waals surface area contributed by atoms with Gasteiger partial charge in [-0.1, -0.05) is 38.3 Å². The minimum atomic E-state index is 0.0356. The molecule has 1 aromatic rings. The molecule has 6 heteroatoms. The van der Waals surface area contributed by atoms with E-state index in [2.05, 4.69) is 34.8 Å². The molecule has 1 saturated carbocycles. The molecule has 1 heterocycles. The Hall–Kier alpha value is -1.43. The highest BCUT2D eigenvalue weighted by molar-refractivity contribution is 5.75. The van der Waals surface area contributed by atoms with Crippen molar-refractivity contribution >= 4 is 5.91 Å². The van der Waals surface area contributed by atoms with Crippen LogP contribution < -0.4 is 10.6 Å². The quantitative estimate of drug-likeness (QED) is 0.798. The molecule has 0 radical (unpaired) electrons. The molecule has 0 spiro atoms. The van der Waals surface area contributed by atoms with Crippen molar-refractivity contribution in [1.82, 2.24) is 25.6 Å². The summed E-state index contributed by atoms with van der Waals surface area (Å²) in [5.74, 6) is 0.648. The summed E-state index contributed by atoms with van der Waals surface area (Å²) in [5.41, 5.74) is 0.876. The summed E-state index contributed by atoms with van der Waals surface area (Å²) in [4.78, 5) is 12.0. The zero-order chi connectivity index (χ0) is 15.1. The van der Waals surface area contributed by atoms with E-state index < -0.39 is 0 Å². The monoisotopic (exact) mass is 293 g/mol. The number of nitrogens with one attached hydrogen (secondary N) is 2. The van der Waals surface area contributed by atoms with Gasteiger partial charge in [-0.2, -0.15) is 0 Å². The molecule has 6 nitrogen and oxygen atoms in total. The van der Waals surface area contributed by atoms with Crippen LogP contribution in [-0.4, -0.2) is 33.5 Å². The van der Waals surface area contributed by atoms with E-state index in [9.17, 15) is 4.79 Å². The van der Waals surface area contributed by atoms with Gasteiger partial charge in [0.25, 0.3) is 0 Å². The van der Waals surface area contributed by atoms with Crippen LogP contribution in [0.15, 0.2) is 6.20 Å². The molecule has 1 aliphatic rings. The van der Waals surface area contributed by atoms with Crippen LogP contribution in [0.4, 0.5) is 0 Å². The third kappa shape index (κ3) is 5.83. The topological polar surface area (TPSA) is 71.8 Å². The van der Waals surface area contributed by atoms with Gasteiger partial charge < -0.3 is 10.6 Å². The molecular formula is C15H27N5O. The van der Waals surface area contributed by atoms with Gasteiger partial charge in [-0.05, 0) is 25.3 Å². The Bertz CT molecular complexity index is 437. The summed E-state index contributed by atoms with van der Waals surface area (Å²) in [6.45, 7) is 6.24. The fraction of sp³-hybridized carbons (Fsp3) is 0.800. The highest BCUT2D eigenvalue weighted by Crippen LogP contribution is 2.17. The lowest BCUT2D eigenvalue weighted by molar-refractivity contribution is -0.122. The number of hydrogen-bond donors (Lipinski definition) is 2. The zero-order valence-corrected chi connectivity index (χ0v) is 13.1. The molecule has 118 valence electrons. The zero-order valence-electron chi connectivity index (χ0n) is 13.1. The van der Waals surface area contributed by atoms with Gasteiger partial charge in [0, 0.05) is 12.6 Å². The number of rotatable bonds is 7. The summed E-state index contributed by atoms with van der Waals surface area (Å²) in [5, 5.41) is 14.5. The number of nitrogens with zero attached hydrogens (tertiary/aromatic N) is 3. The second-order valence-corrected chi connectivity index (χ2v) is 6.33. The Balaban J connectivity index is 1.72. The lowest BCUT2D eigenvalue weighted by atomic mass is 9.95. The summed E-state index contributed by atoms with van der Waals surface area (Å²) in [6, 6.07) is 0.349. The maximum Gasteiger partial charge on any atom is 0.242 e. The predicted molar refractivity (Wildman–Crippen MR) is 81.6 cm³/mol. The second-order valence-electron chi connectivity index (χ2n) is 6.33. The van der Waals surface area contributed by atoms with Gasteiger partial charge in [0.15, 0.2) is 0 Å². The number of carbonyl (C=O) groups is 1. The van der Waals surface area contributed by atoms with Crippen LogP contribution in [0.5, 0.6) is 0 Å². The van der Waals surface area contributed by atoms with E-state index in [4.69, 9.17) is 0 Å². The third-order valence-corrected chi connectivity index (χ3v) is 3.72. The minimum Gasteiger partial charge on any atom is -0.352 e. The van der Waals surface area contributed by atoms with Crippen LogP contribution in [0.3, 0.4) is 0 Å². The molecule has 0 aromatic carbocycles. The molecule has 1 aliphatic carbocycles. The maximum atomic E-state index is 12.0. The number of carbonyl (C=O) groups excluding carboxylic acids is 1. The summed E-state index contributed by atoms with van der Waals surface area (Å²) in [6.07, 6.45) is 7.79. The van der Waals surface area contributed by atoms with E-state index in [1.54, 1.807) is 4.68 Å². The largest absolute Gasteiger partial charge is 0.352 e. The van der Waals surface area contributed by atoms with Gasteiger partial charge in [-0.25, -0.2) is 4.68 Å². The fourth-order valence-electron chi connectivity index (χ4n) is 2.65. The first kappa shape index (κ1) is 15.9. The smallest absolute Gasteiger partial charge is 0.242 e. The maximum absolute atomic E-state index is 12.0. The summed E-state index contributed by atoms with van der Waals surface area (Å²) < 4.78 is 1.62. The van der Waals surface area contributed by atoms with Gasteiger partial charge in [0.1, 0.15) is 6.54 Å². The third-order valence-electron chi connectivity index (χ3n) is 3.72. The van der Waals surface area contributed by atoms with Crippen LogP contribution in [0.25, 0.3) is 0 Å². The Morgan fingerprint density at radius 1 is 1.38 bits per heavy atom. The van der Waals surface area contributed by atoms with E-state index >= 15 is 0 Å². The SMILES string of the molecule is CC(C)CNCc1cn(CC(=O)NC2CCCCC2)nn1. The molecule has 0 bridgehead atoms. The first-order valence-electron chi connectivity index (χ1n) is 8.02. The molecule has 21 heavy (non-hydrogen) atoms. The Morgan fingerprint density at radius 3 is 2.86 bits per heavy atom. The van der Waals surface area contributed by atoms with Crippen molar-refractivity contribution in [3.05, 3.63) is 11.9 Å². The van der Waals surface area contributed by atoms with Gasteiger partial charge in [0.05, 0.1) is 11.9 Å². The van der Waals surface area contributed by atoms with Crippen LogP contribution >= 0.6 is 0 Å². The fourth-order valence-corrected chi connectivity index (χ4v) is 2.65. The number of hydrogen-bond acceptors (Lipinski definition) is 4. The summed E-state index contributed by atoms with van der Waals surface area (Å²) >= 11 is 0. The molecule has 1 aromatic heterocycles. The van der Waals surface area contributed by atoms with Crippen molar-refractivity contribution in [3.8, 4) is 0 Å². The number of aromatic nitrogens is 3. The molecule has 0 saturated heterocycles. The molecule has 0 unspecified atom stereocenters. The van der Waals surface area contributed by atoms with Gasteiger partial charge >= 0.3 is 0 Å². The molecule has 0 aliphatic heterocycles. The molecule has 2 rings (SSSR count). The van der Waals surface area contributed by atoms with E-state index in [0.29, 0.717) is 18.5 Å². The first-order valence-corrected chi connectivity index (χ1v) is 8.02. The Morgan fingerprint density at radius 2 is 2.14 bits per heavy atom. The Kier molecular flexibility index (Phi) is 6.17. The predicted octanol–water partition coefficient (Wildman–Crippen LogP) is 1.47. The highest BCUT2D eigenvalue weighted by Gasteiger charge is 2.16. The van der Waals surface area contributed by atoms with Crippen LogP contribution in [0, 0.1) is 5.92 Å². The van der Waals surface area contributed by atoms with Crippen molar-refractivity contribution in [2.75, 3.05) is 6.54 Å². The molecule has 0 atom stereocenters. The van der Waals surface area contributed by atoms with Gasteiger partial charge in [-0.15, -0.1) is 5.10 Å². The van der Waals surface area contributed by atoms with E-state index in [1.165, 1.54) is 19.3 Å². The molecular weight excluding hydrogens is 266 g/mol. The number of amides is 1. The van der Waals surface area contributed by atoms with Crippen molar-refractivity contribution in [1.29, 1.82) is 0 Å². The van der Waals surface area contributed by atoms with E-state index in [-0.39, 0.29) is 12.5 Å². The lowest BCUT2D eigenvalue weighted by Crippen LogP contribution is -2.38. The molecule has 1 fully saturated rings. The minimum absolute atomic E-state index is 0.0356. The second kappa shape index (κ2) is 8.12. The van der Waals surface area contributed by atoms with E-state index in [0.717, 1.165) is 25.1 Å². The Labute approximate surface area is 126 Å². The average molecular weight is 293 g/mol. The van der Waals surface area contributed by atoms with Crippen LogP contribution in [0.1, 0.15) is 51.6 Å².